The van der Waals surface area contributed by atoms with Crippen LogP contribution in [0.1, 0.15) is 28.7 Å². The summed E-state index contributed by atoms with van der Waals surface area (Å²) in [5.41, 5.74) is 2.17. The van der Waals surface area contributed by atoms with Crippen molar-refractivity contribution < 1.29 is 9.59 Å². The highest BCUT2D eigenvalue weighted by atomic mass is 16.2. The van der Waals surface area contributed by atoms with Gasteiger partial charge in [-0.25, -0.2) is 4.98 Å². The van der Waals surface area contributed by atoms with Gasteiger partial charge in [0.2, 0.25) is 5.91 Å². The van der Waals surface area contributed by atoms with Gasteiger partial charge in [-0.15, -0.1) is 0 Å². The summed E-state index contributed by atoms with van der Waals surface area (Å²) in [7, 11) is 0. The smallest absolute Gasteiger partial charge is 0.256 e. The lowest BCUT2D eigenvalue weighted by Crippen LogP contribution is -2.34. The van der Waals surface area contributed by atoms with Gasteiger partial charge in [-0.2, -0.15) is 0 Å². The minimum atomic E-state index is -0.104. The summed E-state index contributed by atoms with van der Waals surface area (Å²) in [6.07, 6.45) is 4.95. The van der Waals surface area contributed by atoms with E-state index < -0.39 is 0 Å². The second kappa shape index (κ2) is 7.03. The monoisotopic (exact) mass is 326 g/mol. The Hall–Kier alpha value is -3.03. The molecule has 0 unspecified atom stereocenters. The summed E-state index contributed by atoms with van der Waals surface area (Å²) >= 11 is 0. The summed E-state index contributed by atoms with van der Waals surface area (Å²) in [6, 6.07) is 3.56. The molecule has 2 N–H and O–H groups in total. The average Bonchev–Trinajstić information content (AvgIpc) is 2.89. The van der Waals surface area contributed by atoms with Crippen molar-refractivity contribution in [2.45, 2.75) is 20.0 Å². The summed E-state index contributed by atoms with van der Waals surface area (Å²) in [4.78, 5) is 37.6. The van der Waals surface area contributed by atoms with Gasteiger partial charge < -0.3 is 15.5 Å². The molecule has 1 aliphatic rings. The number of pyridine rings is 1. The van der Waals surface area contributed by atoms with Gasteiger partial charge in [-0.3, -0.25) is 19.6 Å². The molecule has 2 aromatic rings. The maximum atomic E-state index is 12.3. The van der Waals surface area contributed by atoms with E-state index in [1.165, 1.54) is 6.92 Å². The first-order valence-corrected chi connectivity index (χ1v) is 7.66. The van der Waals surface area contributed by atoms with Crippen molar-refractivity contribution in [3.63, 3.8) is 0 Å². The number of carbonyl (C=O) groups excluding carboxylic acids is 2. The van der Waals surface area contributed by atoms with Crippen molar-refractivity contribution >= 4 is 17.6 Å². The fourth-order valence-electron chi connectivity index (χ4n) is 2.49. The van der Waals surface area contributed by atoms with Gasteiger partial charge in [0, 0.05) is 32.4 Å². The van der Waals surface area contributed by atoms with Crippen molar-refractivity contribution in [1.82, 2.24) is 25.2 Å². The van der Waals surface area contributed by atoms with Crippen LogP contribution in [0.3, 0.4) is 0 Å². The van der Waals surface area contributed by atoms with E-state index in [0.717, 1.165) is 11.4 Å². The van der Waals surface area contributed by atoms with Crippen LogP contribution >= 0.6 is 0 Å². The Labute approximate surface area is 139 Å². The lowest BCUT2D eigenvalue weighted by molar-refractivity contribution is -0.119. The van der Waals surface area contributed by atoms with Gasteiger partial charge >= 0.3 is 0 Å². The van der Waals surface area contributed by atoms with E-state index in [1.54, 1.807) is 35.6 Å². The number of nitrogens with one attached hydrogen (secondary N) is 2. The maximum absolute atomic E-state index is 12.3. The summed E-state index contributed by atoms with van der Waals surface area (Å²) in [5.74, 6) is 0.534. The Balaban J connectivity index is 1.61. The average molecular weight is 326 g/mol. The largest absolute Gasteiger partial charge is 0.364 e. The summed E-state index contributed by atoms with van der Waals surface area (Å²) < 4.78 is 0. The van der Waals surface area contributed by atoms with Gasteiger partial charge in [-0.1, -0.05) is 0 Å². The van der Waals surface area contributed by atoms with Crippen LogP contribution in [0.5, 0.6) is 0 Å². The van der Waals surface area contributed by atoms with Crippen LogP contribution in [-0.4, -0.2) is 44.8 Å². The molecule has 3 heterocycles. The zero-order valence-electron chi connectivity index (χ0n) is 13.3. The molecule has 0 aliphatic carbocycles. The molecule has 1 aliphatic heterocycles. The molecule has 0 aromatic carbocycles. The van der Waals surface area contributed by atoms with Gasteiger partial charge in [0.05, 0.1) is 36.2 Å². The Bertz CT molecular complexity index is 749. The Kier molecular flexibility index (Phi) is 4.64. The Morgan fingerprint density at radius 3 is 2.96 bits per heavy atom. The third kappa shape index (κ3) is 3.65. The van der Waals surface area contributed by atoms with Crippen molar-refractivity contribution in [1.29, 1.82) is 0 Å². The van der Waals surface area contributed by atoms with Crippen LogP contribution < -0.4 is 10.6 Å². The number of carbonyl (C=O) groups is 2. The maximum Gasteiger partial charge on any atom is 0.256 e. The number of nitrogens with zero attached hydrogens (tertiary/aromatic N) is 4. The second-order valence-electron chi connectivity index (χ2n) is 5.45. The van der Waals surface area contributed by atoms with Crippen LogP contribution in [0.25, 0.3) is 0 Å². The minimum absolute atomic E-state index is 0.0525. The van der Waals surface area contributed by atoms with Crippen LogP contribution in [0, 0.1) is 0 Å². The fraction of sp³-hybridized carbons (Fsp3) is 0.312. The molecule has 0 saturated carbocycles. The number of aromatic nitrogens is 3. The van der Waals surface area contributed by atoms with Crippen LogP contribution in [-0.2, 0) is 17.9 Å². The molecular formula is C16H18N6O2. The van der Waals surface area contributed by atoms with Crippen LogP contribution in [0.4, 0.5) is 5.82 Å². The van der Waals surface area contributed by atoms with Gasteiger partial charge in [0.1, 0.15) is 5.82 Å². The molecule has 0 saturated heterocycles. The number of rotatable bonds is 6. The first-order valence-electron chi connectivity index (χ1n) is 7.66. The van der Waals surface area contributed by atoms with Crippen LogP contribution in [0.2, 0.25) is 0 Å². The first-order chi connectivity index (χ1) is 11.6. The van der Waals surface area contributed by atoms with Crippen molar-refractivity contribution in [3.05, 3.63) is 47.7 Å². The molecule has 0 bridgehead atoms. The molecule has 0 radical (unpaired) electrons. The molecule has 124 valence electrons. The van der Waals surface area contributed by atoms with Crippen molar-refractivity contribution in [2.24, 2.45) is 0 Å². The lowest BCUT2D eigenvalue weighted by Gasteiger charge is -2.14. The molecule has 0 atom stereocenters. The van der Waals surface area contributed by atoms with E-state index in [0.29, 0.717) is 37.6 Å². The number of amides is 2. The zero-order chi connectivity index (χ0) is 16.9. The molecule has 2 aromatic heterocycles. The van der Waals surface area contributed by atoms with Gasteiger partial charge in [0.25, 0.3) is 5.91 Å². The third-order valence-electron chi connectivity index (χ3n) is 3.66. The topological polar surface area (TPSA) is 100 Å². The number of hydrogen-bond donors (Lipinski definition) is 2. The number of fused-ring (bicyclic) bond motifs is 1. The predicted molar refractivity (Wildman–Crippen MR) is 87.0 cm³/mol. The molecule has 0 spiro atoms. The van der Waals surface area contributed by atoms with Gasteiger partial charge in [-0.05, 0) is 12.1 Å². The number of hydrogen-bond acceptors (Lipinski definition) is 6. The van der Waals surface area contributed by atoms with E-state index in [1.807, 2.05) is 0 Å². The summed E-state index contributed by atoms with van der Waals surface area (Å²) in [6.45, 7) is 3.33. The van der Waals surface area contributed by atoms with Crippen LogP contribution in [0.15, 0.2) is 30.7 Å². The van der Waals surface area contributed by atoms with E-state index >= 15 is 0 Å². The third-order valence-corrected chi connectivity index (χ3v) is 3.66. The van der Waals surface area contributed by atoms with E-state index in [4.69, 9.17) is 0 Å². The first kappa shape index (κ1) is 15.9. The molecule has 8 nitrogen and oxygen atoms in total. The standard InChI is InChI=1S/C16H18N6O2/c1-11(23)18-6-7-22-10-14-13(16(22)24)2-3-15(21-14)20-9-12-8-17-4-5-19-12/h2-5,8H,6-7,9-10H2,1H3,(H,18,23)(H,20,21). The molecule has 3 rings (SSSR count). The zero-order valence-corrected chi connectivity index (χ0v) is 13.3. The normalized spacial score (nSPS) is 12.9. The molecule has 24 heavy (non-hydrogen) atoms. The highest BCUT2D eigenvalue weighted by Crippen LogP contribution is 2.22. The SMILES string of the molecule is CC(=O)NCCN1Cc2nc(NCc3cnccn3)ccc2C1=O. The van der Waals surface area contributed by atoms with E-state index in [9.17, 15) is 9.59 Å². The second-order valence-corrected chi connectivity index (χ2v) is 5.45. The predicted octanol–water partition coefficient (Wildman–Crippen LogP) is 0.576. The molecule has 0 fully saturated rings. The lowest BCUT2D eigenvalue weighted by atomic mass is 10.2. The van der Waals surface area contributed by atoms with E-state index in [-0.39, 0.29) is 11.8 Å². The molecule has 8 heteroatoms. The highest BCUT2D eigenvalue weighted by Gasteiger charge is 2.28. The quantitative estimate of drug-likeness (QED) is 0.805. The van der Waals surface area contributed by atoms with E-state index in [2.05, 4.69) is 25.6 Å². The number of anilines is 1. The molecular weight excluding hydrogens is 308 g/mol. The Morgan fingerprint density at radius 2 is 2.21 bits per heavy atom. The fourth-order valence-corrected chi connectivity index (χ4v) is 2.49. The summed E-state index contributed by atoms with van der Waals surface area (Å²) in [5, 5.41) is 5.87. The minimum Gasteiger partial charge on any atom is -0.364 e. The highest BCUT2D eigenvalue weighted by molar-refractivity contribution is 5.98. The van der Waals surface area contributed by atoms with Crippen molar-refractivity contribution in [3.8, 4) is 0 Å². The molecule has 2 amide bonds. The van der Waals surface area contributed by atoms with Crippen molar-refractivity contribution in [2.75, 3.05) is 18.4 Å². The Morgan fingerprint density at radius 1 is 1.33 bits per heavy atom. The van der Waals surface area contributed by atoms with Gasteiger partial charge in [0.15, 0.2) is 0 Å².